The number of aromatic nitrogens is 1. The summed E-state index contributed by atoms with van der Waals surface area (Å²) < 4.78 is 2.86. The summed E-state index contributed by atoms with van der Waals surface area (Å²) in [5, 5.41) is 7.82. The number of nitrogens with one attached hydrogen (secondary N) is 4. The van der Waals surface area contributed by atoms with Gasteiger partial charge in [0.1, 0.15) is 0 Å². The molecule has 1 unspecified atom stereocenters. The molecule has 1 heterocycles. The van der Waals surface area contributed by atoms with E-state index < -0.39 is 0 Å². The van der Waals surface area contributed by atoms with E-state index in [1.54, 1.807) is 0 Å². The third-order valence-electron chi connectivity index (χ3n) is 4.77. The molecule has 0 spiro atoms. The van der Waals surface area contributed by atoms with Crippen LogP contribution < -0.4 is 15.4 Å². The van der Waals surface area contributed by atoms with Crippen molar-refractivity contribution in [2.24, 2.45) is 5.92 Å². The average Bonchev–Trinajstić information content (AvgIpc) is 3.00. The molecule has 5 nitrogen and oxygen atoms in total. The molecule has 3 rings (SSSR count). The molecule has 1 atom stereocenters. The van der Waals surface area contributed by atoms with Crippen molar-refractivity contribution in [3.63, 3.8) is 0 Å². The van der Waals surface area contributed by atoms with E-state index in [0.29, 0.717) is 18.5 Å². The number of H-pyrrole nitrogens is 1. The molecule has 1 aromatic heterocycles. The van der Waals surface area contributed by atoms with Gasteiger partial charge in [0, 0.05) is 34.1 Å². The van der Waals surface area contributed by atoms with E-state index >= 15 is 0 Å². The fourth-order valence-corrected chi connectivity index (χ4v) is 4.01. The van der Waals surface area contributed by atoms with Gasteiger partial charge in [-0.25, -0.2) is 4.79 Å². The number of hydrogen-bond acceptors (Lipinski definition) is 3. The average molecular weight is 375 g/mol. The standard InChI is InChI=1S/C20H30N4OS/c1-4-9-21-20(25)24-26-15-6-8-19-17(11-15)16-10-14(22-12-13(2)3)5-7-18(16)23-19/h6,8,11,13-14,22-23H,4-5,7,9-10,12H2,1-3H3,(H2,21,24,25). The minimum atomic E-state index is -0.133. The lowest BCUT2D eigenvalue weighted by Gasteiger charge is -2.24. The molecule has 1 aliphatic rings. The molecule has 142 valence electrons. The first-order valence-corrected chi connectivity index (χ1v) is 10.5. The van der Waals surface area contributed by atoms with Gasteiger partial charge in [-0.15, -0.1) is 0 Å². The molecule has 0 aliphatic heterocycles. The molecule has 0 radical (unpaired) electrons. The van der Waals surface area contributed by atoms with E-state index in [9.17, 15) is 4.79 Å². The number of carbonyl (C=O) groups is 1. The Labute approximate surface area is 160 Å². The Morgan fingerprint density at radius 1 is 1.38 bits per heavy atom. The van der Waals surface area contributed by atoms with Gasteiger partial charge in [-0.3, -0.25) is 4.72 Å². The molecular formula is C20H30N4OS. The summed E-state index contributed by atoms with van der Waals surface area (Å²) in [6, 6.07) is 6.80. The third-order valence-corrected chi connectivity index (χ3v) is 5.55. The van der Waals surface area contributed by atoms with E-state index in [1.807, 2.05) is 6.92 Å². The second-order valence-corrected chi connectivity index (χ2v) is 8.37. The van der Waals surface area contributed by atoms with Gasteiger partial charge in [0.15, 0.2) is 0 Å². The number of urea groups is 1. The smallest absolute Gasteiger partial charge is 0.325 e. The predicted octanol–water partition coefficient (Wildman–Crippen LogP) is 3.99. The van der Waals surface area contributed by atoms with Crippen LogP contribution in [0.15, 0.2) is 23.1 Å². The van der Waals surface area contributed by atoms with Gasteiger partial charge in [0.05, 0.1) is 0 Å². The fourth-order valence-electron chi connectivity index (χ4n) is 3.42. The summed E-state index contributed by atoms with van der Waals surface area (Å²) >= 11 is 1.37. The molecule has 0 bridgehead atoms. The van der Waals surface area contributed by atoms with Crippen LogP contribution in [0.25, 0.3) is 10.9 Å². The maximum Gasteiger partial charge on any atom is 0.325 e. The largest absolute Gasteiger partial charge is 0.358 e. The molecule has 0 saturated carbocycles. The molecule has 26 heavy (non-hydrogen) atoms. The molecular weight excluding hydrogens is 344 g/mol. The van der Waals surface area contributed by atoms with E-state index in [1.165, 1.54) is 40.5 Å². The van der Waals surface area contributed by atoms with Crippen LogP contribution in [0.5, 0.6) is 0 Å². The van der Waals surface area contributed by atoms with Gasteiger partial charge in [-0.2, -0.15) is 0 Å². The zero-order valence-electron chi connectivity index (χ0n) is 15.9. The van der Waals surface area contributed by atoms with Crippen LogP contribution in [0.4, 0.5) is 4.79 Å². The Balaban J connectivity index is 1.69. The topological polar surface area (TPSA) is 69.0 Å². The van der Waals surface area contributed by atoms with Crippen molar-refractivity contribution in [1.29, 1.82) is 0 Å². The van der Waals surface area contributed by atoms with Gasteiger partial charge in [0.2, 0.25) is 0 Å². The Kier molecular flexibility index (Phi) is 6.48. The SMILES string of the molecule is CCCNC(=O)NSc1ccc2[nH]c3c(c2c1)CC(NCC(C)C)CC3. The normalized spacial score (nSPS) is 16.7. The lowest BCUT2D eigenvalue weighted by molar-refractivity contribution is 0.246. The number of aromatic amines is 1. The lowest BCUT2D eigenvalue weighted by Crippen LogP contribution is -2.36. The summed E-state index contributed by atoms with van der Waals surface area (Å²) in [6.45, 7) is 8.31. The van der Waals surface area contributed by atoms with Crippen molar-refractivity contribution < 1.29 is 4.79 Å². The lowest BCUT2D eigenvalue weighted by atomic mass is 9.91. The molecule has 0 saturated heterocycles. The highest BCUT2D eigenvalue weighted by Gasteiger charge is 2.22. The summed E-state index contributed by atoms with van der Waals surface area (Å²) in [5.41, 5.74) is 4.00. The van der Waals surface area contributed by atoms with E-state index in [-0.39, 0.29) is 6.03 Å². The number of aryl methyl sites for hydroxylation is 1. The van der Waals surface area contributed by atoms with E-state index in [2.05, 4.69) is 52.4 Å². The first kappa shape index (κ1) is 19.1. The number of hydrogen-bond donors (Lipinski definition) is 4. The first-order valence-electron chi connectivity index (χ1n) is 9.64. The summed E-state index contributed by atoms with van der Waals surface area (Å²) in [7, 11) is 0. The van der Waals surface area contributed by atoms with E-state index in [0.717, 1.165) is 30.7 Å². The van der Waals surface area contributed by atoms with E-state index in [4.69, 9.17) is 0 Å². The molecule has 4 N–H and O–H groups in total. The van der Waals surface area contributed by atoms with Gasteiger partial charge >= 0.3 is 6.03 Å². The third kappa shape index (κ3) is 4.74. The maximum atomic E-state index is 11.7. The van der Waals surface area contributed by atoms with Crippen LogP contribution in [-0.2, 0) is 12.8 Å². The summed E-state index contributed by atoms with van der Waals surface area (Å²) in [6.07, 6.45) is 4.29. The molecule has 1 aliphatic carbocycles. The molecule has 0 fully saturated rings. The fraction of sp³-hybridized carbons (Fsp3) is 0.550. The monoisotopic (exact) mass is 374 g/mol. The van der Waals surface area contributed by atoms with Crippen LogP contribution in [0.2, 0.25) is 0 Å². The predicted molar refractivity (Wildman–Crippen MR) is 110 cm³/mol. The number of carbonyl (C=O) groups excluding carboxylic acids is 1. The highest BCUT2D eigenvalue weighted by Crippen LogP contribution is 2.31. The van der Waals surface area contributed by atoms with Crippen LogP contribution in [0, 0.1) is 5.92 Å². The van der Waals surface area contributed by atoms with Gasteiger partial charge in [0.25, 0.3) is 0 Å². The van der Waals surface area contributed by atoms with Crippen molar-refractivity contribution >= 4 is 28.9 Å². The number of rotatable bonds is 7. The van der Waals surface area contributed by atoms with Crippen molar-refractivity contribution in [1.82, 2.24) is 20.3 Å². The van der Waals surface area contributed by atoms with Crippen LogP contribution in [0.1, 0.15) is 44.9 Å². The van der Waals surface area contributed by atoms with Crippen molar-refractivity contribution in [3.8, 4) is 0 Å². The minimum absolute atomic E-state index is 0.133. The second-order valence-electron chi connectivity index (χ2n) is 7.49. The molecule has 2 amide bonds. The quantitative estimate of drug-likeness (QED) is 0.554. The first-order chi connectivity index (χ1) is 12.6. The van der Waals surface area contributed by atoms with Crippen molar-refractivity contribution in [2.45, 2.75) is 57.4 Å². The highest BCUT2D eigenvalue weighted by atomic mass is 32.2. The van der Waals surface area contributed by atoms with Gasteiger partial charge in [-0.05, 0) is 73.9 Å². The Bertz CT molecular complexity index is 756. The van der Waals surface area contributed by atoms with Crippen molar-refractivity contribution in [3.05, 3.63) is 29.5 Å². The summed E-state index contributed by atoms with van der Waals surface area (Å²) in [4.78, 5) is 16.4. The minimum Gasteiger partial charge on any atom is -0.358 e. The van der Waals surface area contributed by atoms with Crippen molar-refractivity contribution in [2.75, 3.05) is 13.1 Å². The van der Waals surface area contributed by atoms with Gasteiger partial charge in [-0.1, -0.05) is 20.8 Å². The number of fused-ring (bicyclic) bond motifs is 3. The van der Waals surface area contributed by atoms with Gasteiger partial charge < -0.3 is 15.6 Å². The molecule has 1 aromatic carbocycles. The summed E-state index contributed by atoms with van der Waals surface area (Å²) in [5.74, 6) is 0.673. The zero-order chi connectivity index (χ0) is 18.5. The second kappa shape index (κ2) is 8.82. The zero-order valence-corrected chi connectivity index (χ0v) is 16.8. The van der Waals surface area contributed by atoms with Crippen LogP contribution >= 0.6 is 11.9 Å². The Morgan fingerprint density at radius 2 is 2.23 bits per heavy atom. The van der Waals surface area contributed by atoms with Crippen LogP contribution in [-0.4, -0.2) is 30.1 Å². The number of benzene rings is 1. The number of amides is 2. The highest BCUT2D eigenvalue weighted by molar-refractivity contribution is 7.98. The van der Waals surface area contributed by atoms with Crippen LogP contribution in [0.3, 0.4) is 0 Å². The molecule has 2 aromatic rings. The Hall–Kier alpha value is -1.66. The Morgan fingerprint density at radius 3 is 3.00 bits per heavy atom. The maximum absolute atomic E-state index is 11.7. The molecule has 6 heteroatoms.